The van der Waals surface area contributed by atoms with Crippen LogP contribution in [0.3, 0.4) is 0 Å². The van der Waals surface area contributed by atoms with Crippen molar-refractivity contribution in [2.75, 3.05) is 0 Å². The molecule has 0 N–H and O–H groups in total. The van der Waals surface area contributed by atoms with Crippen LogP contribution in [0, 0.1) is 19.9 Å². The average molecular weight is 516 g/mol. The molecule has 0 fully saturated rings. The molecule has 1 aliphatic rings. The third-order valence-corrected chi connectivity index (χ3v) is 7.27. The fourth-order valence-electron chi connectivity index (χ4n) is 3.93. The van der Waals surface area contributed by atoms with E-state index in [1.54, 1.807) is 0 Å². The van der Waals surface area contributed by atoms with Crippen molar-refractivity contribution in [3.8, 4) is 11.1 Å². The molecule has 0 unspecified atom stereocenters. The van der Waals surface area contributed by atoms with Crippen LogP contribution in [0.2, 0.25) is 0 Å². The van der Waals surface area contributed by atoms with Crippen LogP contribution in [-0.2, 0) is 30.7 Å². The average Bonchev–Trinajstić information content (AvgIpc) is 3.57. The maximum atomic E-state index is 3.30. The Kier molecular flexibility index (Phi) is 8.45. The van der Waals surface area contributed by atoms with Gasteiger partial charge >= 0.3 is 112 Å². The van der Waals surface area contributed by atoms with E-state index in [1.807, 2.05) is 36.4 Å². The van der Waals surface area contributed by atoms with Crippen LogP contribution in [0.5, 0.6) is 0 Å². The molecule has 0 aliphatic heterocycles. The van der Waals surface area contributed by atoms with Crippen LogP contribution in [0.25, 0.3) is 11.1 Å². The van der Waals surface area contributed by atoms with Crippen molar-refractivity contribution in [3.05, 3.63) is 161 Å². The van der Waals surface area contributed by atoms with Gasteiger partial charge in [0, 0.05) is 0 Å². The van der Waals surface area contributed by atoms with Crippen LogP contribution in [0.15, 0.2) is 121 Å². The Hall–Kier alpha value is -3.02. The molecule has 0 amide bonds. The zero-order valence-electron chi connectivity index (χ0n) is 19.8. The van der Waals surface area contributed by atoms with Crippen LogP contribution in [-0.4, -0.2) is 3.21 Å². The van der Waals surface area contributed by atoms with E-state index in [2.05, 4.69) is 105 Å². The standard InChI is InChI=1S/C15H14.C13H9.C5H5.Zr/c1-12-3-7-14(8-4-12)11-15-9-5-13(2)6-10-15;1-3-7-12-10(5-1)9-11-6-2-4-8-13(11)12;1-2-4-5-3-1;/h3-10H,1-2H3;1-5,7-8H,9H2;1-5H;/q;2*-1;+2. The molecule has 0 aromatic heterocycles. The Balaban J connectivity index is 0.000000136. The number of benzene rings is 4. The van der Waals surface area contributed by atoms with Crippen LogP contribution in [0.4, 0.5) is 0 Å². The topological polar surface area (TPSA) is 0 Å². The van der Waals surface area contributed by atoms with E-state index in [0.717, 1.165) is 6.42 Å². The van der Waals surface area contributed by atoms with E-state index in [4.69, 9.17) is 0 Å². The Morgan fingerprint density at radius 3 is 1.79 bits per heavy atom. The van der Waals surface area contributed by atoms with E-state index in [1.165, 1.54) is 71.9 Å². The molecule has 0 heterocycles. The minimum Gasteiger partial charge on any atom is -0.214 e. The number of hydrogen-bond donors (Lipinski definition) is 0. The summed E-state index contributed by atoms with van der Waals surface area (Å²) in [4.78, 5) is 0. The van der Waals surface area contributed by atoms with Crippen molar-refractivity contribution in [1.82, 2.24) is 0 Å². The first-order chi connectivity index (χ1) is 16.6. The molecule has 0 saturated heterocycles. The molecule has 34 heavy (non-hydrogen) atoms. The van der Waals surface area contributed by atoms with Gasteiger partial charge in [0.1, 0.15) is 0 Å². The third-order valence-electron chi connectivity index (χ3n) is 5.85. The predicted octanol–water partition coefficient (Wildman–Crippen LogP) is 7.88. The fraction of sp³-hybridized carbons (Fsp3) is 0.0909. The van der Waals surface area contributed by atoms with Gasteiger partial charge in [0.15, 0.2) is 0 Å². The van der Waals surface area contributed by atoms with Gasteiger partial charge in [-0.1, -0.05) is 35.4 Å². The van der Waals surface area contributed by atoms with Gasteiger partial charge in [0.05, 0.1) is 0 Å². The minimum absolute atomic E-state index is 1.05. The number of hydrogen-bond acceptors (Lipinski definition) is 0. The molecule has 1 aliphatic carbocycles. The molecule has 0 spiro atoms. The molecule has 0 atom stereocenters. The molecule has 1 heteroatoms. The third kappa shape index (κ3) is 6.31. The summed E-state index contributed by atoms with van der Waals surface area (Å²) in [6.07, 6.45) is 1.05. The Bertz CT molecular complexity index is 1220. The maximum Gasteiger partial charge on any atom is -0.0253 e. The molecular weight excluding hydrogens is 488 g/mol. The van der Waals surface area contributed by atoms with Gasteiger partial charge < -0.3 is 0 Å². The summed E-state index contributed by atoms with van der Waals surface area (Å²) < 4.78 is 1.42. The summed E-state index contributed by atoms with van der Waals surface area (Å²) in [5, 5.41) is 0. The molecule has 0 radical (unpaired) electrons. The normalized spacial score (nSPS) is 10.7. The Morgan fingerprint density at radius 2 is 1.24 bits per heavy atom. The summed E-state index contributed by atoms with van der Waals surface area (Å²) in [6, 6.07) is 45.6. The largest absolute Gasteiger partial charge is 0.214 e. The van der Waals surface area contributed by atoms with Gasteiger partial charge in [-0.3, -0.25) is 0 Å². The van der Waals surface area contributed by atoms with Gasteiger partial charge in [-0.15, -0.1) is 5.56 Å². The monoisotopic (exact) mass is 514 g/mol. The molecule has 0 saturated carbocycles. The van der Waals surface area contributed by atoms with Crippen LogP contribution >= 0.6 is 0 Å². The van der Waals surface area contributed by atoms with E-state index in [0.29, 0.717) is 0 Å². The second-order valence-electron chi connectivity index (χ2n) is 8.47. The molecular formula is C33H28Zr. The van der Waals surface area contributed by atoms with Crippen molar-refractivity contribution in [1.29, 1.82) is 0 Å². The Morgan fingerprint density at radius 1 is 0.676 bits per heavy atom. The van der Waals surface area contributed by atoms with Gasteiger partial charge in [0.2, 0.25) is 0 Å². The first-order valence-electron chi connectivity index (χ1n) is 11.6. The van der Waals surface area contributed by atoms with E-state index in [9.17, 15) is 0 Å². The minimum atomic E-state index is 1.05. The summed E-state index contributed by atoms with van der Waals surface area (Å²) in [5.74, 6) is 0. The van der Waals surface area contributed by atoms with Gasteiger partial charge in [0.25, 0.3) is 0 Å². The zero-order valence-corrected chi connectivity index (χ0v) is 22.2. The van der Waals surface area contributed by atoms with Gasteiger partial charge in [-0.25, -0.2) is 12.1 Å². The van der Waals surface area contributed by atoms with Crippen LogP contribution < -0.4 is 0 Å². The van der Waals surface area contributed by atoms with Crippen molar-refractivity contribution in [3.63, 3.8) is 0 Å². The van der Waals surface area contributed by atoms with Crippen molar-refractivity contribution in [2.45, 2.75) is 20.3 Å². The van der Waals surface area contributed by atoms with E-state index < -0.39 is 0 Å². The first kappa shape index (κ1) is 24.1. The van der Waals surface area contributed by atoms with E-state index in [-0.39, 0.29) is 0 Å². The van der Waals surface area contributed by atoms with Crippen molar-refractivity contribution < 1.29 is 24.2 Å². The van der Waals surface area contributed by atoms with Gasteiger partial charge in [-0.05, 0) is 6.42 Å². The number of aryl methyl sites for hydroxylation is 2. The molecule has 6 rings (SSSR count). The molecule has 5 aromatic carbocycles. The second-order valence-corrected chi connectivity index (χ2v) is 9.69. The first-order valence-corrected chi connectivity index (χ1v) is 12.8. The smallest absolute Gasteiger partial charge is 0.0253 e. The van der Waals surface area contributed by atoms with E-state index >= 15 is 0 Å². The van der Waals surface area contributed by atoms with Crippen LogP contribution in [0.1, 0.15) is 33.4 Å². The summed E-state index contributed by atoms with van der Waals surface area (Å²) >= 11 is 1.46. The summed E-state index contributed by atoms with van der Waals surface area (Å²) in [6.45, 7) is 4.25. The van der Waals surface area contributed by atoms with Gasteiger partial charge in [-0.2, -0.15) is 48.0 Å². The van der Waals surface area contributed by atoms with Crippen molar-refractivity contribution in [2.24, 2.45) is 0 Å². The van der Waals surface area contributed by atoms with Crippen molar-refractivity contribution >= 4 is 3.21 Å². The number of fused-ring (bicyclic) bond motifs is 3. The molecule has 0 nitrogen and oxygen atoms in total. The summed E-state index contributed by atoms with van der Waals surface area (Å²) in [7, 11) is 0. The second kappa shape index (κ2) is 11.9. The Labute approximate surface area is 218 Å². The predicted molar refractivity (Wildman–Crippen MR) is 141 cm³/mol. The summed E-state index contributed by atoms with van der Waals surface area (Å²) in [5.41, 5.74) is 10.8. The fourth-order valence-corrected chi connectivity index (χ4v) is 4.74. The number of rotatable bonds is 2. The maximum absolute atomic E-state index is 3.30. The quantitative estimate of drug-likeness (QED) is 0.206. The zero-order chi connectivity index (χ0) is 23.8. The molecule has 164 valence electrons. The molecule has 5 aromatic rings. The molecule has 0 bridgehead atoms. The SMILES string of the molecule is Cc1ccc([C](=[Zr+2])c2ccc(C)cc2)cc1.[c-]1cccc2c1Cc1ccccc1-2.c1cc[cH-]c1.